The van der Waals surface area contributed by atoms with Gasteiger partial charge >= 0.3 is 0 Å². The molecule has 0 saturated carbocycles. The predicted molar refractivity (Wildman–Crippen MR) is 106 cm³/mol. The summed E-state index contributed by atoms with van der Waals surface area (Å²) >= 11 is 1.33. The lowest BCUT2D eigenvalue weighted by molar-refractivity contribution is 0.0547. The molecule has 1 aliphatic heterocycles. The minimum Gasteiger partial charge on any atom is -0.463 e. The van der Waals surface area contributed by atoms with E-state index in [-0.39, 0.29) is 11.7 Å². The summed E-state index contributed by atoms with van der Waals surface area (Å²) in [7, 11) is 0. The molecular formula is C21H20N2O4S. The van der Waals surface area contributed by atoms with Crippen LogP contribution < -0.4 is 5.73 Å². The summed E-state index contributed by atoms with van der Waals surface area (Å²) in [6, 6.07) is 8.92. The fourth-order valence-corrected chi connectivity index (χ4v) is 4.63. The van der Waals surface area contributed by atoms with Crippen molar-refractivity contribution in [3.05, 3.63) is 52.6 Å². The molecule has 144 valence electrons. The average Bonchev–Trinajstić information content (AvgIpc) is 3.38. The first-order chi connectivity index (χ1) is 13.6. The molecule has 28 heavy (non-hydrogen) atoms. The third-order valence-electron chi connectivity index (χ3n) is 5.03. The van der Waals surface area contributed by atoms with Crippen molar-refractivity contribution in [2.75, 3.05) is 13.2 Å². The van der Waals surface area contributed by atoms with Crippen LogP contribution in [-0.4, -0.2) is 29.9 Å². The highest BCUT2D eigenvalue weighted by molar-refractivity contribution is 7.17. The second-order valence-corrected chi connectivity index (χ2v) is 7.77. The maximum absolute atomic E-state index is 13.2. The topological polar surface area (TPSA) is 95.4 Å². The van der Waals surface area contributed by atoms with Gasteiger partial charge < -0.3 is 14.9 Å². The first kappa shape index (κ1) is 18.6. The molecule has 1 saturated heterocycles. The Kier molecular flexibility index (Phi) is 5.11. The highest BCUT2D eigenvalue weighted by Gasteiger charge is 2.29. The van der Waals surface area contributed by atoms with Crippen molar-refractivity contribution in [2.24, 2.45) is 11.7 Å². The second-order valence-electron chi connectivity index (χ2n) is 6.77. The van der Waals surface area contributed by atoms with Gasteiger partial charge in [-0.25, -0.2) is 4.98 Å². The zero-order chi connectivity index (χ0) is 19.7. The fourth-order valence-electron chi connectivity index (χ4n) is 3.46. The largest absolute Gasteiger partial charge is 0.463 e. The van der Waals surface area contributed by atoms with Crippen LogP contribution in [0.2, 0.25) is 0 Å². The van der Waals surface area contributed by atoms with E-state index in [1.54, 1.807) is 30.5 Å². The lowest BCUT2D eigenvalue weighted by Gasteiger charge is -2.20. The molecule has 0 spiro atoms. The molecule has 3 heterocycles. The number of carbonyl (C=O) groups excluding carboxylic acids is 2. The second kappa shape index (κ2) is 7.69. The molecule has 3 aromatic rings. The van der Waals surface area contributed by atoms with Crippen LogP contribution in [0.5, 0.6) is 0 Å². The van der Waals surface area contributed by atoms with Gasteiger partial charge in [0.15, 0.2) is 11.5 Å². The molecule has 4 rings (SSSR count). The van der Waals surface area contributed by atoms with Gasteiger partial charge in [-0.05, 0) is 43.5 Å². The SMILES string of the molecule is Cc1c(C(N)=O)cccc1-c1nc(-c2ccco2)c(C(=O)C2CCOCC2)s1. The number of primary amides is 1. The van der Waals surface area contributed by atoms with Gasteiger partial charge in [-0.15, -0.1) is 11.3 Å². The number of hydrogen-bond donors (Lipinski definition) is 1. The van der Waals surface area contributed by atoms with Crippen LogP contribution >= 0.6 is 11.3 Å². The van der Waals surface area contributed by atoms with E-state index in [0.29, 0.717) is 53.0 Å². The van der Waals surface area contributed by atoms with Gasteiger partial charge in [0.25, 0.3) is 0 Å². The Morgan fingerprint density at radius 1 is 1.18 bits per heavy atom. The molecule has 1 amide bonds. The minimum atomic E-state index is -0.485. The summed E-state index contributed by atoms with van der Waals surface area (Å²) in [6.45, 7) is 3.03. The minimum absolute atomic E-state index is 0.0714. The smallest absolute Gasteiger partial charge is 0.248 e. The van der Waals surface area contributed by atoms with Crippen molar-refractivity contribution in [2.45, 2.75) is 19.8 Å². The van der Waals surface area contributed by atoms with E-state index in [0.717, 1.165) is 11.1 Å². The van der Waals surface area contributed by atoms with Crippen LogP contribution in [-0.2, 0) is 4.74 Å². The molecule has 1 aromatic carbocycles. The summed E-state index contributed by atoms with van der Waals surface area (Å²) in [5.74, 6) is 0.0678. The summed E-state index contributed by atoms with van der Waals surface area (Å²) in [6.07, 6.45) is 2.98. The van der Waals surface area contributed by atoms with E-state index < -0.39 is 5.91 Å². The van der Waals surface area contributed by atoms with Crippen LogP contribution in [0.25, 0.3) is 22.0 Å². The molecular weight excluding hydrogens is 376 g/mol. The van der Waals surface area contributed by atoms with Crippen molar-refractivity contribution in [1.82, 2.24) is 4.98 Å². The van der Waals surface area contributed by atoms with Crippen molar-refractivity contribution in [3.8, 4) is 22.0 Å². The summed E-state index contributed by atoms with van der Waals surface area (Å²) in [5.41, 5.74) is 8.02. The predicted octanol–water partition coefficient (Wildman–Crippen LogP) is 4.09. The van der Waals surface area contributed by atoms with Crippen LogP contribution in [0, 0.1) is 12.8 Å². The monoisotopic (exact) mass is 396 g/mol. The molecule has 6 nitrogen and oxygen atoms in total. The molecule has 1 fully saturated rings. The van der Waals surface area contributed by atoms with E-state index >= 15 is 0 Å². The quantitative estimate of drug-likeness (QED) is 0.656. The summed E-state index contributed by atoms with van der Waals surface area (Å²) < 4.78 is 10.9. The first-order valence-electron chi connectivity index (χ1n) is 9.12. The van der Waals surface area contributed by atoms with Gasteiger partial charge in [0.1, 0.15) is 15.6 Å². The highest BCUT2D eigenvalue weighted by atomic mass is 32.1. The van der Waals surface area contributed by atoms with Gasteiger partial charge in [0.2, 0.25) is 5.91 Å². The van der Waals surface area contributed by atoms with Gasteiger partial charge in [-0.1, -0.05) is 12.1 Å². The number of benzene rings is 1. The molecule has 1 aliphatic rings. The van der Waals surface area contributed by atoms with E-state index in [1.807, 2.05) is 13.0 Å². The lowest BCUT2D eigenvalue weighted by Crippen LogP contribution is -2.23. The zero-order valence-electron chi connectivity index (χ0n) is 15.4. The van der Waals surface area contributed by atoms with Crippen LogP contribution in [0.4, 0.5) is 0 Å². The Bertz CT molecular complexity index is 1020. The number of aromatic nitrogens is 1. The van der Waals surface area contributed by atoms with Gasteiger partial charge in [0.05, 0.1) is 6.26 Å². The van der Waals surface area contributed by atoms with E-state index in [4.69, 9.17) is 19.9 Å². The number of ketones is 1. The Hall–Kier alpha value is -2.77. The average molecular weight is 396 g/mol. The zero-order valence-corrected chi connectivity index (χ0v) is 16.3. The number of ether oxygens (including phenoxy) is 1. The number of rotatable bonds is 5. The summed E-state index contributed by atoms with van der Waals surface area (Å²) in [5, 5.41) is 0.669. The number of nitrogens with zero attached hydrogens (tertiary/aromatic N) is 1. The van der Waals surface area contributed by atoms with E-state index in [1.165, 1.54) is 11.3 Å². The van der Waals surface area contributed by atoms with E-state index in [2.05, 4.69) is 0 Å². The molecule has 2 aromatic heterocycles. The first-order valence-corrected chi connectivity index (χ1v) is 9.94. The summed E-state index contributed by atoms with van der Waals surface area (Å²) in [4.78, 5) is 30.2. The van der Waals surface area contributed by atoms with Gasteiger partial charge in [-0.2, -0.15) is 0 Å². The maximum atomic E-state index is 13.2. The lowest BCUT2D eigenvalue weighted by atomic mass is 9.94. The number of Topliss-reactive ketones (excluding diaryl/α,β-unsaturated/α-hetero) is 1. The third kappa shape index (κ3) is 3.39. The number of nitrogens with two attached hydrogens (primary N) is 1. The van der Waals surface area contributed by atoms with Crippen molar-refractivity contribution in [3.63, 3.8) is 0 Å². The van der Waals surface area contributed by atoms with Crippen molar-refractivity contribution >= 4 is 23.0 Å². The number of hydrogen-bond acceptors (Lipinski definition) is 6. The Labute approximate surface area is 166 Å². The van der Waals surface area contributed by atoms with E-state index in [9.17, 15) is 9.59 Å². The van der Waals surface area contributed by atoms with Crippen LogP contribution in [0.15, 0.2) is 41.0 Å². The number of thiazole rings is 1. The molecule has 0 unspecified atom stereocenters. The normalized spacial score (nSPS) is 14.9. The van der Waals surface area contributed by atoms with Gasteiger partial charge in [0, 0.05) is 30.3 Å². The molecule has 0 aliphatic carbocycles. The third-order valence-corrected chi connectivity index (χ3v) is 6.13. The van der Waals surface area contributed by atoms with Crippen molar-refractivity contribution < 1.29 is 18.7 Å². The van der Waals surface area contributed by atoms with Crippen LogP contribution in [0.3, 0.4) is 0 Å². The van der Waals surface area contributed by atoms with Crippen LogP contribution in [0.1, 0.15) is 38.4 Å². The van der Waals surface area contributed by atoms with Gasteiger partial charge in [-0.3, -0.25) is 9.59 Å². The number of carbonyl (C=O) groups is 2. The number of amides is 1. The molecule has 7 heteroatoms. The Balaban J connectivity index is 1.81. The molecule has 2 N–H and O–H groups in total. The maximum Gasteiger partial charge on any atom is 0.248 e. The molecule has 0 radical (unpaired) electrons. The highest BCUT2D eigenvalue weighted by Crippen LogP contribution is 2.38. The number of furan rings is 1. The standard InChI is InChI=1S/C21H20N2O4S/c1-12-14(20(22)25)4-2-5-15(12)21-23-17(16-6-3-9-27-16)19(28-21)18(24)13-7-10-26-11-8-13/h2-6,9,13H,7-8,10-11H2,1H3,(H2,22,25). The Morgan fingerprint density at radius 3 is 2.64 bits per heavy atom. The molecule has 0 atom stereocenters. The van der Waals surface area contributed by atoms with Crippen molar-refractivity contribution in [1.29, 1.82) is 0 Å². The molecule has 0 bridgehead atoms. The fraction of sp³-hybridized carbons (Fsp3) is 0.286. The Morgan fingerprint density at radius 2 is 1.96 bits per heavy atom.